The first-order chi connectivity index (χ1) is 12.8. The second kappa shape index (κ2) is 8.98. The summed E-state index contributed by atoms with van der Waals surface area (Å²) in [7, 11) is -1.26. The van der Waals surface area contributed by atoms with E-state index in [9.17, 15) is 18.0 Å². The number of methoxy groups -OCH3 is 1. The zero-order valence-corrected chi connectivity index (χ0v) is 16.6. The van der Waals surface area contributed by atoms with Gasteiger partial charge in [0.15, 0.2) is 6.61 Å². The lowest BCUT2D eigenvalue weighted by Gasteiger charge is -2.13. The number of carbonyl (C=O) groups is 2. The second-order valence-electron chi connectivity index (χ2n) is 5.45. The van der Waals surface area contributed by atoms with Gasteiger partial charge in [0, 0.05) is 4.88 Å². The molecule has 0 aliphatic rings. The van der Waals surface area contributed by atoms with Gasteiger partial charge in [0.25, 0.3) is 5.91 Å². The Morgan fingerprint density at radius 1 is 1.26 bits per heavy atom. The van der Waals surface area contributed by atoms with E-state index in [0.717, 1.165) is 10.9 Å². The molecule has 0 saturated heterocycles. The largest absolute Gasteiger partial charge is 0.495 e. The highest BCUT2D eigenvalue weighted by molar-refractivity contribution is 7.89. The van der Waals surface area contributed by atoms with Crippen LogP contribution >= 0.6 is 11.3 Å². The maximum absolute atomic E-state index is 12.2. The molecular formula is C17H20N2O6S2. The highest BCUT2D eigenvalue weighted by atomic mass is 32.2. The summed E-state index contributed by atoms with van der Waals surface area (Å²) in [6, 6.07) is 7.41. The lowest BCUT2D eigenvalue weighted by molar-refractivity contribution is -0.124. The summed E-state index contributed by atoms with van der Waals surface area (Å²) in [6.07, 6.45) is 0. The van der Waals surface area contributed by atoms with Gasteiger partial charge in [0.1, 0.15) is 10.6 Å². The van der Waals surface area contributed by atoms with Crippen molar-refractivity contribution in [1.29, 1.82) is 0 Å². The zero-order valence-electron chi connectivity index (χ0n) is 15.0. The average molecular weight is 412 g/mol. The number of sulfonamides is 1. The Morgan fingerprint density at radius 3 is 2.59 bits per heavy atom. The summed E-state index contributed by atoms with van der Waals surface area (Å²) >= 11 is 1.51. The molecule has 0 spiro atoms. The monoisotopic (exact) mass is 412 g/mol. The van der Waals surface area contributed by atoms with Gasteiger partial charge in [0.05, 0.1) is 18.7 Å². The molecule has 1 aromatic carbocycles. The number of benzene rings is 1. The van der Waals surface area contributed by atoms with E-state index >= 15 is 0 Å². The normalized spacial score (nSPS) is 12.3. The molecule has 2 rings (SSSR count). The third-order valence-corrected chi connectivity index (χ3v) is 6.13. The lowest BCUT2D eigenvalue weighted by atomic mass is 10.2. The van der Waals surface area contributed by atoms with Crippen molar-refractivity contribution in [2.45, 2.75) is 17.9 Å². The molecule has 10 heteroatoms. The van der Waals surface area contributed by atoms with Crippen molar-refractivity contribution in [2.75, 3.05) is 20.8 Å². The Kier molecular flexibility index (Phi) is 6.94. The number of hydrogen-bond donors (Lipinski definition) is 2. The Hall–Kier alpha value is -2.43. The molecule has 0 bridgehead atoms. The van der Waals surface area contributed by atoms with Crippen LogP contribution < -0.4 is 14.8 Å². The van der Waals surface area contributed by atoms with Gasteiger partial charge in [-0.1, -0.05) is 6.07 Å². The van der Waals surface area contributed by atoms with Gasteiger partial charge in [-0.05, 0) is 43.6 Å². The first-order valence-corrected chi connectivity index (χ1v) is 10.3. The highest BCUT2D eigenvalue weighted by Crippen LogP contribution is 2.25. The molecule has 0 aliphatic heterocycles. The van der Waals surface area contributed by atoms with E-state index in [-0.39, 0.29) is 22.3 Å². The lowest BCUT2D eigenvalue weighted by Crippen LogP contribution is -2.30. The SMILES string of the molecule is CNS(=O)(=O)c1cc(C(=O)OCC(=O)N[C@@H](C)c2cccs2)ccc1OC. The van der Waals surface area contributed by atoms with Crippen molar-refractivity contribution in [3.05, 3.63) is 46.2 Å². The third kappa shape index (κ3) is 5.28. The topological polar surface area (TPSA) is 111 Å². The Bertz CT molecular complexity index is 910. The summed E-state index contributed by atoms with van der Waals surface area (Å²) in [5, 5.41) is 4.62. The first kappa shape index (κ1) is 20.9. The maximum Gasteiger partial charge on any atom is 0.338 e. The molecule has 0 unspecified atom stereocenters. The summed E-state index contributed by atoms with van der Waals surface area (Å²) < 4.78 is 36.2. The number of nitrogens with one attached hydrogen (secondary N) is 2. The number of thiophene rings is 1. The molecule has 0 aliphatic carbocycles. The maximum atomic E-state index is 12.2. The van der Waals surface area contributed by atoms with Crippen LogP contribution in [0, 0.1) is 0 Å². The van der Waals surface area contributed by atoms with Crippen molar-refractivity contribution in [3.8, 4) is 5.75 Å². The molecule has 2 aromatic rings. The Balaban J connectivity index is 2.03. The summed E-state index contributed by atoms with van der Waals surface area (Å²) in [5.41, 5.74) is -0.0104. The van der Waals surface area contributed by atoms with Crippen molar-refractivity contribution < 1.29 is 27.5 Å². The van der Waals surface area contributed by atoms with E-state index in [1.165, 1.54) is 37.6 Å². The minimum Gasteiger partial charge on any atom is -0.495 e. The Morgan fingerprint density at radius 2 is 2.00 bits per heavy atom. The molecule has 1 amide bonds. The molecule has 27 heavy (non-hydrogen) atoms. The molecule has 0 saturated carbocycles. The van der Waals surface area contributed by atoms with E-state index < -0.39 is 28.5 Å². The molecule has 8 nitrogen and oxygen atoms in total. The molecule has 0 fully saturated rings. The minimum absolute atomic E-state index is 0.0104. The third-order valence-electron chi connectivity index (χ3n) is 3.64. The summed E-state index contributed by atoms with van der Waals surface area (Å²) in [4.78, 5) is 24.9. The van der Waals surface area contributed by atoms with Crippen LogP contribution in [0.15, 0.2) is 40.6 Å². The van der Waals surface area contributed by atoms with Crippen molar-refractivity contribution in [1.82, 2.24) is 10.0 Å². The number of esters is 1. The molecule has 1 atom stereocenters. The van der Waals surface area contributed by atoms with Crippen molar-refractivity contribution in [3.63, 3.8) is 0 Å². The van der Waals surface area contributed by atoms with Crippen LogP contribution in [0.1, 0.15) is 28.2 Å². The minimum atomic E-state index is -3.83. The van der Waals surface area contributed by atoms with Gasteiger partial charge in [-0.3, -0.25) is 4.79 Å². The van der Waals surface area contributed by atoms with Crippen LogP contribution in [0.2, 0.25) is 0 Å². The zero-order chi connectivity index (χ0) is 20.0. The molecule has 2 N–H and O–H groups in total. The van der Waals surface area contributed by atoms with Crippen molar-refractivity contribution in [2.24, 2.45) is 0 Å². The fraction of sp³-hybridized carbons (Fsp3) is 0.294. The van der Waals surface area contributed by atoms with Crippen LogP contribution in [-0.2, 0) is 19.6 Å². The van der Waals surface area contributed by atoms with Crippen molar-refractivity contribution >= 4 is 33.2 Å². The number of ether oxygens (including phenoxy) is 2. The predicted molar refractivity (Wildman–Crippen MR) is 100 cm³/mol. The smallest absolute Gasteiger partial charge is 0.338 e. The quantitative estimate of drug-likeness (QED) is 0.639. The van der Waals surface area contributed by atoms with Gasteiger partial charge in [0.2, 0.25) is 10.0 Å². The first-order valence-electron chi connectivity index (χ1n) is 7.90. The van der Waals surface area contributed by atoms with Gasteiger partial charge >= 0.3 is 5.97 Å². The van der Waals surface area contributed by atoms with Crippen LogP contribution in [0.5, 0.6) is 5.75 Å². The van der Waals surface area contributed by atoms with E-state index in [4.69, 9.17) is 9.47 Å². The molecular weight excluding hydrogens is 392 g/mol. The summed E-state index contributed by atoms with van der Waals surface area (Å²) in [6.45, 7) is 1.35. The number of hydrogen-bond acceptors (Lipinski definition) is 7. The molecule has 1 heterocycles. The van der Waals surface area contributed by atoms with Gasteiger partial charge in [-0.25, -0.2) is 17.9 Å². The van der Waals surface area contributed by atoms with Crippen LogP contribution in [0.4, 0.5) is 0 Å². The highest BCUT2D eigenvalue weighted by Gasteiger charge is 2.21. The second-order valence-corrected chi connectivity index (χ2v) is 8.29. The summed E-state index contributed by atoms with van der Waals surface area (Å²) in [5.74, 6) is -1.19. The molecule has 1 aromatic heterocycles. The van der Waals surface area contributed by atoms with E-state index in [2.05, 4.69) is 10.0 Å². The number of rotatable bonds is 8. The van der Waals surface area contributed by atoms with Gasteiger partial charge < -0.3 is 14.8 Å². The fourth-order valence-corrected chi connectivity index (χ4v) is 3.88. The van der Waals surface area contributed by atoms with E-state index in [1.54, 1.807) is 0 Å². The number of carbonyl (C=O) groups excluding carboxylic acids is 2. The van der Waals surface area contributed by atoms with Crippen LogP contribution in [0.3, 0.4) is 0 Å². The van der Waals surface area contributed by atoms with Crippen LogP contribution in [0.25, 0.3) is 0 Å². The predicted octanol–water partition coefficient (Wildman–Crippen LogP) is 1.70. The standard InChI is InChI=1S/C17H20N2O6S2/c1-11(14-5-4-8-26-14)19-16(20)10-25-17(21)12-6-7-13(24-3)15(9-12)27(22,23)18-2/h4-9,11,18H,10H2,1-3H3,(H,19,20)/t11-/m0/s1. The Labute approximate surface area is 161 Å². The molecule has 0 radical (unpaired) electrons. The van der Waals surface area contributed by atoms with Crippen LogP contribution in [-0.4, -0.2) is 41.1 Å². The average Bonchev–Trinajstić information content (AvgIpc) is 3.20. The fourth-order valence-electron chi connectivity index (χ4n) is 2.23. The van der Waals surface area contributed by atoms with E-state index in [0.29, 0.717) is 0 Å². The molecule has 146 valence electrons. The van der Waals surface area contributed by atoms with E-state index in [1.807, 2.05) is 24.4 Å². The van der Waals surface area contributed by atoms with Gasteiger partial charge in [-0.15, -0.1) is 11.3 Å². The number of amides is 1. The van der Waals surface area contributed by atoms with Gasteiger partial charge in [-0.2, -0.15) is 0 Å².